The number of carbonyl (C=O) groups is 2. The summed E-state index contributed by atoms with van der Waals surface area (Å²) in [7, 11) is 0. The Morgan fingerprint density at radius 3 is 2.56 bits per heavy atom. The summed E-state index contributed by atoms with van der Waals surface area (Å²) in [5.74, 6) is -1.18. The first-order chi connectivity index (χ1) is 16.2. The third kappa shape index (κ3) is 5.57. The summed E-state index contributed by atoms with van der Waals surface area (Å²) < 4.78 is 19.7. The fraction of sp³-hybridized carbons (Fsp3) is 0.259. The molecule has 1 aliphatic heterocycles. The Labute approximate surface area is 202 Å². The maximum atomic E-state index is 13.5. The van der Waals surface area contributed by atoms with Gasteiger partial charge < -0.3 is 14.7 Å². The maximum absolute atomic E-state index is 13.5. The molecule has 1 aliphatic rings. The molecule has 3 aromatic carbocycles. The van der Waals surface area contributed by atoms with Gasteiger partial charge in [0.1, 0.15) is 23.7 Å². The molecule has 3 aromatic rings. The number of aliphatic carboxylic acids is 1. The van der Waals surface area contributed by atoms with Gasteiger partial charge in [-0.15, -0.1) is 0 Å². The highest BCUT2D eigenvalue weighted by molar-refractivity contribution is 6.30. The lowest BCUT2D eigenvalue weighted by atomic mass is 9.91. The van der Waals surface area contributed by atoms with Gasteiger partial charge in [-0.2, -0.15) is 0 Å². The molecule has 176 valence electrons. The molecule has 0 spiro atoms. The van der Waals surface area contributed by atoms with Crippen LogP contribution in [0.4, 0.5) is 4.39 Å². The number of rotatable bonds is 8. The highest BCUT2D eigenvalue weighted by atomic mass is 35.5. The van der Waals surface area contributed by atoms with Crippen LogP contribution in [0.1, 0.15) is 34.0 Å². The number of ether oxygens (including phenoxy) is 1. The predicted molar refractivity (Wildman–Crippen MR) is 128 cm³/mol. The largest absolute Gasteiger partial charge is 0.487 e. The van der Waals surface area contributed by atoms with E-state index in [1.165, 1.54) is 11.0 Å². The number of hydrogen-bond acceptors (Lipinski definition) is 3. The molecular formula is C27H25ClFNO4. The number of amides is 1. The predicted octanol–water partition coefficient (Wildman–Crippen LogP) is 5.18. The minimum atomic E-state index is -1.06. The van der Waals surface area contributed by atoms with E-state index in [2.05, 4.69) is 0 Å². The van der Waals surface area contributed by atoms with E-state index in [-0.39, 0.29) is 17.5 Å². The van der Waals surface area contributed by atoms with E-state index in [1.54, 1.807) is 30.3 Å². The number of halogens is 2. The number of benzene rings is 3. The zero-order valence-corrected chi connectivity index (χ0v) is 19.5. The molecule has 0 aromatic heterocycles. The van der Waals surface area contributed by atoms with Crippen LogP contribution in [0.15, 0.2) is 66.7 Å². The highest BCUT2D eigenvalue weighted by Gasteiger charge is 2.35. The van der Waals surface area contributed by atoms with E-state index in [0.29, 0.717) is 37.1 Å². The third-order valence-electron chi connectivity index (χ3n) is 5.92. The van der Waals surface area contributed by atoms with Crippen molar-refractivity contribution in [2.45, 2.75) is 31.8 Å². The average Bonchev–Trinajstić information content (AvgIpc) is 3.14. The second-order valence-corrected chi connectivity index (χ2v) is 9.24. The Kier molecular flexibility index (Phi) is 6.89. The fourth-order valence-corrected chi connectivity index (χ4v) is 4.54. The summed E-state index contributed by atoms with van der Waals surface area (Å²) in [5.41, 5.74) is 2.61. The van der Waals surface area contributed by atoms with Crippen molar-refractivity contribution in [3.05, 3.63) is 99.8 Å². The maximum Gasteiger partial charge on any atom is 0.323 e. The summed E-state index contributed by atoms with van der Waals surface area (Å²) in [5, 5.41) is 9.40. The second kappa shape index (κ2) is 9.85. The molecule has 34 heavy (non-hydrogen) atoms. The van der Waals surface area contributed by atoms with Gasteiger partial charge in [-0.05, 0) is 60.4 Å². The summed E-state index contributed by atoms with van der Waals surface area (Å²) in [4.78, 5) is 25.9. The smallest absolute Gasteiger partial charge is 0.323 e. The standard InChI is InChI=1S/C27H25ClFNO4/c1-27(15-19-7-9-23(29)22(28)13-19)16-21-14-20(8-10-24(21)34-27)26(33)30(17-25(31)32)12-11-18-5-3-2-4-6-18/h2-10,13-14H,11-12,15-17H2,1H3,(H,31,32)/t27-/m0/s1. The quantitative estimate of drug-likeness (QED) is 0.481. The molecule has 0 radical (unpaired) electrons. The van der Waals surface area contributed by atoms with Crippen molar-refractivity contribution >= 4 is 23.5 Å². The second-order valence-electron chi connectivity index (χ2n) is 8.83. The van der Waals surface area contributed by atoms with Crippen molar-refractivity contribution < 1.29 is 23.8 Å². The lowest BCUT2D eigenvalue weighted by Gasteiger charge is -2.24. The Morgan fingerprint density at radius 1 is 1.09 bits per heavy atom. The summed E-state index contributed by atoms with van der Waals surface area (Å²) in [6.45, 7) is 1.89. The summed E-state index contributed by atoms with van der Waals surface area (Å²) in [6, 6.07) is 19.5. The van der Waals surface area contributed by atoms with Gasteiger partial charge in [-0.25, -0.2) is 4.39 Å². The fourth-order valence-electron chi connectivity index (χ4n) is 4.34. The minimum absolute atomic E-state index is 0.0681. The van der Waals surface area contributed by atoms with Gasteiger partial charge in [0.05, 0.1) is 5.02 Å². The number of nitrogens with zero attached hydrogens (tertiary/aromatic N) is 1. The van der Waals surface area contributed by atoms with Crippen LogP contribution in [0.5, 0.6) is 5.75 Å². The normalized spacial score (nSPS) is 16.6. The number of fused-ring (bicyclic) bond motifs is 1. The Morgan fingerprint density at radius 2 is 1.85 bits per heavy atom. The van der Waals surface area contributed by atoms with Crippen molar-refractivity contribution in [2.75, 3.05) is 13.1 Å². The average molecular weight is 482 g/mol. The van der Waals surface area contributed by atoms with E-state index in [0.717, 1.165) is 16.7 Å². The number of carboxylic acid groups (broad SMARTS) is 1. The molecule has 0 saturated heterocycles. The van der Waals surface area contributed by atoms with Gasteiger partial charge in [0.2, 0.25) is 0 Å². The van der Waals surface area contributed by atoms with Crippen molar-refractivity contribution in [3.63, 3.8) is 0 Å². The van der Waals surface area contributed by atoms with Crippen LogP contribution >= 0.6 is 11.6 Å². The lowest BCUT2D eigenvalue weighted by molar-refractivity contribution is -0.137. The first-order valence-electron chi connectivity index (χ1n) is 11.0. The molecule has 0 unspecified atom stereocenters. The molecule has 5 nitrogen and oxygen atoms in total. The molecule has 4 rings (SSSR count). The highest BCUT2D eigenvalue weighted by Crippen LogP contribution is 2.38. The topological polar surface area (TPSA) is 66.8 Å². The molecule has 0 fully saturated rings. The molecule has 1 N–H and O–H groups in total. The van der Waals surface area contributed by atoms with E-state index in [1.807, 2.05) is 37.3 Å². The SMILES string of the molecule is C[C@]1(Cc2ccc(F)c(Cl)c2)Cc2cc(C(=O)N(CCc3ccccc3)CC(=O)O)ccc2O1. The molecule has 1 amide bonds. The van der Waals surface area contributed by atoms with Crippen LogP contribution in [-0.2, 0) is 24.1 Å². The summed E-state index contributed by atoms with van der Waals surface area (Å²) >= 11 is 5.92. The van der Waals surface area contributed by atoms with Gasteiger partial charge in [0.15, 0.2) is 0 Å². The van der Waals surface area contributed by atoms with Crippen LogP contribution in [0.2, 0.25) is 5.02 Å². The minimum Gasteiger partial charge on any atom is -0.487 e. The van der Waals surface area contributed by atoms with Gasteiger partial charge in [-0.1, -0.05) is 48.0 Å². The molecule has 0 aliphatic carbocycles. The lowest BCUT2D eigenvalue weighted by Crippen LogP contribution is -2.37. The Balaban J connectivity index is 1.49. The number of carbonyl (C=O) groups excluding carboxylic acids is 1. The Bertz CT molecular complexity index is 1220. The van der Waals surface area contributed by atoms with Crippen LogP contribution in [-0.4, -0.2) is 40.6 Å². The molecule has 0 bridgehead atoms. The van der Waals surface area contributed by atoms with Crippen molar-refractivity contribution in [1.82, 2.24) is 4.90 Å². The van der Waals surface area contributed by atoms with E-state index >= 15 is 0 Å². The van der Waals surface area contributed by atoms with Crippen LogP contribution < -0.4 is 4.74 Å². The third-order valence-corrected chi connectivity index (χ3v) is 6.21. The van der Waals surface area contributed by atoms with Crippen LogP contribution in [0.3, 0.4) is 0 Å². The number of hydrogen-bond donors (Lipinski definition) is 1. The monoisotopic (exact) mass is 481 g/mol. The van der Waals surface area contributed by atoms with Crippen LogP contribution in [0.25, 0.3) is 0 Å². The molecule has 1 heterocycles. The first kappa shape index (κ1) is 23.8. The van der Waals surface area contributed by atoms with Crippen LogP contribution in [0, 0.1) is 5.82 Å². The summed E-state index contributed by atoms with van der Waals surface area (Å²) in [6.07, 6.45) is 1.64. The molecule has 1 atom stereocenters. The molecule has 7 heteroatoms. The molecular weight excluding hydrogens is 457 g/mol. The zero-order valence-electron chi connectivity index (χ0n) is 18.8. The van der Waals surface area contributed by atoms with Gasteiger partial charge in [0, 0.05) is 24.9 Å². The van der Waals surface area contributed by atoms with Crippen molar-refractivity contribution in [1.29, 1.82) is 0 Å². The number of carboxylic acids is 1. The molecule has 0 saturated carbocycles. The van der Waals surface area contributed by atoms with Gasteiger partial charge >= 0.3 is 5.97 Å². The van der Waals surface area contributed by atoms with Gasteiger partial charge in [0.25, 0.3) is 5.91 Å². The van der Waals surface area contributed by atoms with E-state index in [4.69, 9.17) is 16.3 Å². The van der Waals surface area contributed by atoms with E-state index < -0.39 is 17.4 Å². The zero-order chi connectivity index (χ0) is 24.3. The Hall–Kier alpha value is -3.38. The van der Waals surface area contributed by atoms with Gasteiger partial charge in [-0.3, -0.25) is 9.59 Å². The van der Waals surface area contributed by atoms with Crippen molar-refractivity contribution in [2.24, 2.45) is 0 Å². The first-order valence-corrected chi connectivity index (χ1v) is 11.4. The van der Waals surface area contributed by atoms with E-state index in [9.17, 15) is 19.1 Å². The van der Waals surface area contributed by atoms with Crippen molar-refractivity contribution in [3.8, 4) is 5.75 Å².